The Morgan fingerprint density at radius 2 is 2.14 bits per heavy atom. The molecule has 0 aliphatic carbocycles. The van der Waals surface area contributed by atoms with E-state index in [0.717, 1.165) is 32.2 Å². The molecule has 0 saturated carbocycles. The molecule has 1 amide bonds. The van der Waals surface area contributed by atoms with Gasteiger partial charge in [-0.15, -0.1) is 0 Å². The minimum atomic E-state index is -0.386. The number of piperidine rings is 1. The third-order valence-electron chi connectivity index (χ3n) is 3.98. The highest BCUT2D eigenvalue weighted by Gasteiger charge is 2.33. The molecule has 1 fully saturated rings. The van der Waals surface area contributed by atoms with Crippen LogP contribution in [0.25, 0.3) is 0 Å². The molecule has 4 nitrogen and oxygen atoms in total. The molecule has 0 bridgehead atoms. The molecular formula is C17H26N2O2. The first-order valence-corrected chi connectivity index (χ1v) is 7.86. The van der Waals surface area contributed by atoms with Crippen LogP contribution in [0.15, 0.2) is 30.3 Å². The van der Waals surface area contributed by atoms with Crippen LogP contribution >= 0.6 is 0 Å². The normalized spacial score (nSPS) is 22.0. The van der Waals surface area contributed by atoms with Gasteiger partial charge in [0.25, 0.3) is 0 Å². The molecule has 4 heteroatoms. The molecule has 1 aliphatic heterocycles. The Bertz CT molecular complexity index is 428. The maximum Gasteiger partial charge on any atom is 0.240 e. The molecule has 1 saturated heterocycles. The van der Waals surface area contributed by atoms with Gasteiger partial charge in [-0.1, -0.05) is 30.3 Å². The summed E-state index contributed by atoms with van der Waals surface area (Å²) >= 11 is 0. The fraction of sp³-hybridized carbons (Fsp3) is 0.588. The summed E-state index contributed by atoms with van der Waals surface area (Å²) in [4.78, 5) is 12.2. The van der Waals surface area contributed by atoms with Crippen LogP contribution in [0.5, 0.6) is 0 Å². The monoisotopic (exact) mass is 290 g/mol. The standard InChI is InChI=1S/C17H26N2O2/c1-17(10-5-6-12-19-17)16(20)18-11-7-13-21-14-15-8-3-2-4-9-15/h2-4,8-9,19H,5-7,10-14H2,1H3,(H,18,20). The smallest absolute Gasteiger partial charge is 0.240 e. The van der Waals surface area contributed by atoms with Gasteiger partial charge in [0.1, 0.15) is 0 Å². The highest BCUT2D eigenvalue weighted by atomic mass is 16.5. The van der Waals surface area contributed by atoms with Gasteiger partial charge in [0.15, 0.2) is 0 Å². The van der Waals surface area contributed by atoms with Crippen molar-refractivity contribution in [1.82, 2.24) is 10.6 Å². The summed E-state index contributed by atoms with van der Waals surface area (Å²) in [6.45, 7) is 4.90. The first kappa shape index (κ1) is 16.0. The SMILES string of the molecule is CC1(C(=O)NCCCOCc2ccccc2)CCCCN1. The van der Waals surface area contributed by atoms with Crippen molar-refractivity contribution in [3.05, 3.63) is 35.9 Å². The van der Waals surface area contributed by atoms with Crippen molar-refractivity contribution in [2.45, 2.75) is 44.8 Å². The summed E-state index contributed by atoms with van der Waals surface area (Å²) in [5.41, 5.74) is 0.795. The molecule has 2 N–H and O–H groups in total. The van der Waals surface area contributed by atoms with E-state index in [2.05, 4.69) is 22.8 Å². The fourth-order valence-electron chi connectivity index (χ4n) is 2.59. The Kier molecular flexibility index (Phi) is 6.21. The third kappa shape index (κ3) is 5.14. The zero-order chi connectivity index (χ0) is 15.0. The van der Waals surface area contributed by atoms with Gasteiger partial charge in [0.2, 0.25) is 5.91 Å². The van der Waals surface area contributed by atoms with Crippen molar-refractivity contribution in [2.24, 2.45) is 0 Å². The van der Waals surface area contributed by atoms with Crippen LogP contribution in [0.2, 0.25) is 0 Å². The lowest BCUT2D eigenvalue weighted by atomic mass is 9.90. The minimum absolute atomic E-state index is 0.116. The number of carbonyl (C=O) groups excluding carboxylic acids is 1. The topological polar surface area (TPSA) is 50.4 Å². The zero-order valence-electron chi connectivity index (χ0n) is 12.9. The summed E-state index contributed by atoms with van der Waals surface area (Å²) in [5.74, 6) is 0.116. The highest BCUT2D eigenvalue weighted by Crippen LogP contribution is 2.18. The lowest BCUT2D eigenvalue weighted by Crippen LogP contribution is -2.57. The molecule has 1 aromatic rings. The van der Waals surface area contributed by atoms with Crippen LogP contribution in [-0.2, 0) is 16.1 Å². The van der Waals surface area contributed by atoms with Gasteiger partial charge in [-0.25, -0.2) is 0 Å². The molecule has 0 radical (unpaired) electrons. The summed E-state index contributed by atoms with van der Waals surface area (Å²) in [6.07, 6.45) is 4.05. The van der Waals surface area contributed by atoms with Crippen molar-refractivity contribution in [3.63, 3.8) is 0 Å². The van der Waals surface area contributed by atoms with Crippen LogP contribution in [0, 0.1) is 0 Å². The second-order valence-corrected chi connectivity index (χ2v) is 5.86. The average Bonchev–Trinajstić information content (AvgIpc) is 2.52. The number of ether oxygens (including phenoxy) is 1. The number of hydrogen-bond acceptors (Lipinski definition) is 3. The van der Waals surface area contributed by atoms with E-state index < -0.39 is 0 Å². The predicted molar refractivity (Wildman–Crippen MR) is 84.0 cm³/mol. The molecule has 1 aliphatic rings. The average molecular weight is 290 g/mol. The molecule has 21 heavy (non-hydrogen) atoms. The van der Waals surface area contributed by atoms with Crippen LogP contribution in [-0.4, -0.2) is 31.1 Å². The number of nitrogens with one attached hydrogen (secondary N) is 2. The summed E-state index contributed by atoms with van der Waals surface area (Å²) in [5, 5.41) is 6.34. The molecule has 2 rings (SSSR count). The van der Waals surface area contributed by atoms with Crippen molar-refractivity contribution >= 4 is 5.91 Å². The van der Waals surface area contributed by atoms with Crippen LogP contribution < -0.4 is 10.6 Å². The first-order valence-electron chi connectivity index (χ1n) is 7.86. The minimum Gasteiger partial charge on any atom is -0.377 e. The lowest BCUT2D eigenvalue weighted by molar-refractivity contribution is -0.127. The molecule has 116 valence electrons. The van der Waals surface area contributed by atoms with Crippen molar-refractivity contribution < 1.29 is 9.53 Å². The largest absolute Gasteiger partial charge is 0.377 e. The van der Waals surface area contributed by atoms with Gasteiger partial charge in [-0.3, -0.25) is 4.79 Å². The Balaban J connectivity index is 1.56. The van der Waals surface area contributed by atoms with Gasteiger partial charge in [0.05, 0.1) is 12.1 Å². The Morgan fingerprint density at radius 1 is 1.33 bits per heavy atom. The van der Waals surface area contributed by atoms with E-state index in [1.54, 1.807) is 0 Å². The van der Waals surface area contributed by atoms with Gasteiger partial charge in [-0.05, 0) is 44.7 Å². The third-order valence-corrected chi connectivity index (χ3v) is 3.98. The number of carbonyl (C=O) groups is 1. The second-order valence-electron chi connectivity index (χ2n) is 5.86. The molecule has 1 heterocycles. The van der Waals surface area contributed by atoms with E-state index in [-0.39, 0.29) is 11.4 Å². The highest BCUT2D eigenvalue weighted by molar-refractivity contribution is 5.85. The number of amides is 1. The van der Waals surface area contributed by atoms with Gasteiger partial charge in [-0.2, -0.15) is 0 Å². The van der Waals surface area contributed by atoms with E-state index in [1.807, 2.05) is 25.1 Å². The molecule has 1 atom stereocenters. The second kappa shape index (κ2) is 8.15. The van der Waals surface area contributed by atoms with Crippen LogP contribution in [0.1, 0.15) is 38.2 Å². The van der Waals surface area contributed by atoms with Crippen LogP contribution in [0.3, 0.4) is 0 Å². The van der Waals surface area contributed by atoms with E-state index in [0.29, 0.717) is 19.8 Å². The molecule has 0 spiro atoms. The van der Waals surface area contributed by atoms with Crippen molar-refractivity contribution in [2.75, 3.05) is 19.7 Å². The van der Waals surface area contributed by atoms with E-state index in [9.17, 15) is 4.79 Å². The summed E-state index contributed by atoms with van der Waals surface area (Å²) in [6, 6.07) is 10.1. The predicted octanol–water partition coefficient (Wildman–Crippen LogP) is 2.24. The van der Waals surface area contributed by atoms with Crippen LogP contribution in [0.4, 0.5) is 0 Å². The number of rotatable bonds is 7. The van der Waals surface area contributed by atoms with Crippen molar-refractivity contribution in [3.8, 4) is 0 Å². The Labute approximate surface area is 127 Å². The first-order chi connectivity index (χ1) is 10.2. The molecular weight excluding hydrogens is 264 g/mol. The van der Waals surface area contributed by atoms with Crippen molar-refractivity contribution in [1.29, 1.82) is 0 Å². The van der Waals surface area contributed by atoms with E-state index in [4.69, 9.17) is 4.74 Å². The maximum absolute atomic E-state index is 12.2. The summed E-state index contributed by atoms with van der Waals surface area (Å²) in [7, 11) is 0. The fourth-order valence-corrected chi connectivity index (χ4v) is 2.59. The van der Waals surface area contributed by atoms with Gasteiger partial charge >= 0.3 is 0 Å². The number of hydrogen-bond donors (Lipinski definition) is 2. The quantitative estimate of drug-likeness (QED) is 0.757. The molecule has 1 aromatic carbocycles. The maximum atomic E-state index is 12.2. The van der Waals surface area contributed by atoms with E-state index >= 15 is 0 Å². The van der Waals surface area contributed by atoms with Gasteiger partial charge in [0, 0.05) is 13.2 Å². The number of benzene rings is 1. The van der Waals surface area contributed by atoms with E-state index in [1.165, 1.54) is 5.56 Å². The van der Waals surface area contributed by atoms with Gasteiger partial charge < -0.3 is 15.4 Å². The molecule has 0 aromatic heterocycles. The molecule has 1 unspecified atom stereocenters. The Morgan fingerprint density at radius 3 is 2.86 bits per heavy atom. The lowest BCUT2D eigenvalue weighted by Gasteiger charge is -2.33. The summed E-state index contributed by atoms with van der Waals surface area (Å²) < 4.78 is 5.61. The Hall–Kier alpha value is -1.39. The zero-order valence-corrected chi connectivity index (χ0v) is 12.9.